The highest BCUT2D eigenvalue weighted by Gasteiger charge is 2.17. The van der Waals surface area contributed by atoms with E-state index in [1.54, 1.807) is 6.08 Å². The molecule has 0 rings (SSSR count). The topological polar surface area (TPSA) is 69.6 Å². The molecule has 0 aliphatic heterocycles. The summed E-state index contributed by atoms with van der Waals surface area (Å²) < 4.78 is 0. The van der Waals surface area contributed by atoms with Gasteiger partial charge in [0.25, 0.3) is 0 Å². The number of rotatable bonds is 39. The molecule has 0 aliphatic carbocycles. The lowest BCUT2D eigenvalue weighted by molar-refractivity contribution is -0.123. The number of aliphatic hydroxyl groups excluding tert-OH is 2. The van der Waals surface area contributed by atoms with Crippen LogP contribution in [0.5, 0.6) is 0 Å². The van der Waals surface area contributed by atoms with E-state index in [-0.39, 0.29) is 12.5 Å². The summed E-state index contributed by atoms with van der Waals surface area (Å²) in [4.78, 5) is 12.3. The van der Waals surface area contributed by atoms with E-state index in [2.05, 4.69) is 55.6 Å². The van der Waals surface area contributed by atoms with Crippen molar-refractivity contribution in [3.05, 3.63) is 48.6 Å². The van der Waals surface area contributed by atoms with Gasteiger partial charge in [0.15, 0.2) is 0 Å². The van der Waals surface area contributed by atoms with Crippen LogP contribution in [0.15, 0.2) is 48.6 Å². The van der Waals surface area contributed by atoms with Gasteiger partial charge in [0.2, 0.25) is 5.91 Å². The summed E-state index contributed by atoms with van der Waals surface area (Å²) in [6.45, 7) is 4.22. The lowest BCUT2D eigenvalue weighted by Crippen LogP contribution is -2.45. The predicted molar refractivity (Wildman–Crippen MR) is 221 cm³/mol. The van der Waals surface area contributed by atoms with Gasteiger partial charge in [-0.25, -0.2) is 0 Å². The Morgan fingerprint density at radius 3 is 1.24 bits per heavy atom. The molecule has 0 saturated heterocycles. The molecule has 0 aromatic carbocycles. The van der Waals surface area contributed by atoms with E-state index < -0.39 is 12.1 Å². The average Bonchev–Trinajstić information content (AvgIpc) is 3.12. The summed E-state index contributed by atoms with van der Waals surface area (Å²) >= 11 is 0. The van der Waals surface area contributed by atoms with Crippen molar-refractivity contribution in [3.63, 3.8) is 0 Å². The molecule has 3 N–H and O–H groups in total. The summed E-state index contributed by atoms with van der Waals surface area (Å²) in [6, 6.07) is -0.644. The molecule has 0 heterocycles. The van der Waals surface area contributed by atoms with E-state index in [0.717, 1.165) is 44.9 Å². The molecule has 0 aromatic heterocycles. The minimum Gasteiger partial charge on any atom is -0.394 e. The third-order valence-corrected chi connectivity index (χ3v) is 9.74. The molecule has 4 nitrogen and oxygen atoms in total. The second-order valence-electron chi connectivity index (χ2n) is 14.7. The Labute approximate surface area is 312 Å². The highest BCUT2D eigenvalue weighted by atomic mass is 16.3. The third kappa shape index (κ3) is 37.6. The van der Waals surface area contributed by atoms with Crippen LogP contribution in [0.25, 0.3) is 0 Å². The Morgan fingerprint density at radius 2 is 0.820 bits per heavy atom. The first-order chi connectivity index (χ1) is 24.7. The Morgan fingerprint density at radius 1 is 0.460 bits per heavy atom. The summed E-state index contributed by atoms with van der Waals surface area (Å²) in [6.07, 6.45) is 56.6. The van der Waals surface area contributed by atoms with Crippen LogP contribution in [0, 0.1) is 0 Å². The Balaban J connectivity index is 3.51. The van der Waals surface area contributed by atoms with Gasteiger partial charge in [-0.3, -0.25) is 4.79 Å². The van der Waals surface area contributed by atoms with Crippen molar-refractivity contribution in [1.29, 1.82) is 0 Å². The number of hydrogen-bond donors (Lipinski definition) is 3. The summed E-state index contributed by atoms with van der Waals surface area (Å²) in [5, 5.41) is 22.9. The molecule has 0 spiro atoms. The molecular weight excluding hydrogens is 615 g/mol. The molecule has 0 aliphatic rings. The van der Waals surface area contributed by atoms with Crippen molar-refractivity contribution in [1.82, 2.24) is 5.32 Å². The van der Waals surface area contributed by atoms with Crippen LogP contribution in [0.4, 0.5) is 0 Å². The molecule has 50 heavy (non-hydrogen) atoms. The molecule has 0 fully saturated rings. The lowest BCUT2D eigenvalue weighted by atomic mass is 10.0. The maximum atomic E-state index is 12.3. The van der Waals surface area contributed by atoms with Crippen molar-refractivity contribution >= 4 is 5.91 Å². The van der Waals surface area contributed by atoms with Gasteiger partial charge in [-0.05, 0) is 64.2 Å². The number of nitrogens with one attached hydrogen (secondary N) is 1. The number of hydrogen-bond acceptors (Lipinski definition) is 3. The van der Waals surface area contributed by atoms with E-state index in [1.165, 1.54) is 154 Å². The molecule has 2 unspecified atom stereocenters. The van der Waals surface area contributed by atoms with Gasteiger partial charge in [-0.2, -0.15) is 0 Å². The second-order valence-corrected chi connectivity index (χ2v) is 14.7. The van der Waals surface area contributed by atoms with Gasteiger partial charge in [0, 0.05) is 6.42 Å². The fourth-order valence-electron chi connectivity index (χ4n) is 6.39. The Kier molecular flexibility index (Phi) is 40.4. The van der Waals surface area contributed by atoms with Gasteiger partial charge < -0.3 is 15.5 Å². The van der Waals surface area contributed by atoms with Crippen molar-refractivity contribution in [2.45, 2.75) is 231 Å². The average molecular weight is 700 g/mol. The van der Waals surface area contributed by atoms with E-state index >= 15 is 0 Å². The quantitative estimate of drug-likeness (QED) is 0.0442. The first-order valence-electron chi connectivity index (χ1n) is 21.9. The van der Waals surface area contributed by atoms with Crippen LogP contribution in [-0.2, 0) is 4.79 Å². The van der Waals surface area contributed by atoms with Crippen molar-refractivity contribution in [2.75, 3.05) is 6.61 Å². The number of aliphatic hydroxyl groups is 2. The number of carbonyl (C=O) groups excluding carboxylic acids is 1. The highest BCUT2D eigenvalue weighted by Crippen LogP contribution is 2.15. The number of allylic oxidation sites excluding steroid dienone is 7. The van der Waals surface area contributed by atoms with Gasteiger partial charge in [0.1, 0.15) is 0 Å². The minimum atomic E-state index is -0.868. The summed E-state index contributed by atoms with van der Waals surface area (Å²) in [5.74, 6) is -0.0810. The van der Waals surface area contributed by atoms with E-state index in [9.17, 15) is 15.0 Å². The molecule has 0 bridgehead atoms. The zero-order valence-electron chi connectivity index (χ0n) is 33.4. The Bertz CT molecular complexity index is 801. The fourth-order valence-corrected chi connectivity index (χ4v) is 6.39. The maximum Gasteiger partial charge on any atom is 0.220 e. The summed E-state index contributed by atoms with van der Waals surface area (Å²) in [5.41, 5.74) is 0. The monoisotopic (exact) mass is 700 g/mol. The highest BCUT2D eigenvalue weighted by molar-refractivity contribution is 5.76. The largest absolute Gasteiger partial charge is 0.394 e. The molecule has 0 saturated carbocycles. The SMILES string of the molecule is CCC/C=C/CC/C=C/CC/C=C/C(O)C(CO)NC(=O)CCCCCCCCCCCCC/C=C\CCCCCCCCCCCCCC. The normalized spacial score (nSPS) is 13.4. The molecule has 0 radical (unpaired) electrons. The number of carbonyl (C=O) groups is 1. The molecule has 292 valence electrons. The van der Waals surface area contributed by atoms with E-state index in [0.29, 0.717) is 6.42 Å². The molecule has 1 amide bonds. The van der Waals surface area contributed by atoms with Crippen molar-refractivity contribution in [3.8, 4) is 0 Å². The number of unbranched alkanes of at least 4 members (excludes halogenated alkanes) is 26. The molecular formula is C46H85NO3. The third-order valence-electron chi connectivity index (χ3n) is 9.74. The van der Waals surface area contributed by atoms with Crippen LogP contribution in [0.2, 0.25) is 0 Å². The smallest absolute Gasteiger partial charge is 0.220 e. The van der Waals surface area contributed by atoms with E-state index in [1.807, 2.05) is 6.08 Å². The van der Waals surface area contributed by atoms with Crippen molar-refractivity contribution < 1.29 is 15.0 Å². The van der Waals surface area contributed by atoms with Crippen molar-refractivity contribution in [2.24, 2.45) is 0 Å². The molecule has 4 heteroatoms. The second kappa shape index (κ2) is 41.8. The van der Waals surface area contributed by atoms with Gasteiger partial charge in [0.05, 0.1) is 18.8 Å². The zero-order chi connectivity index (χ0) is 36.4. The van der Waals surface area contributed by atoms with E-state index in [4.69, 9.17) is 0 Å². The van der Waals surface area contributed by atoms with Crippen LogP contribution in [-0.4, -0.2) is 34.9 Å². The first kappa shape index (κ1) is 48.3. The van der Waals surface area contributed by atoms with Gasteiger partial charge in [-0.15, -0.1) is 0 Å². The zero-order valence-corrected chi connectivity index (χ0v) is 33.4. The van der Waals surface area contributed by atoms with Gasteiger partial charge >= 0.3 is 0 Å². The standard InChI is InChI=1S/C46H85NO3/c1-3-5-7-9-11-13-15-16-17-18-19-20-21-22-23-24-25-26-27-28-29-30-32-34-36-38-40-42-46(50)47-44(43-48)45(49)41-39-37-35-33-31-14-12-10-8-6-4-2/h8,10,22-23,31,33,39,41,44-45,48-49H,3-7,9,11-21,24-30,32,34-38,40,42-43H2,1-2H3,(H,47,50)/b10-8+,23-22-,33-31+,41-39+. The van der Waals surface area contributed by atoms with Crippen LogP contribution < -0.4 is 5.32 Å². The molecule has 0 aromatic rings. The van der Waals surface area contributed by atoms with Gasteiger partial charge in [-0.1, -0.05) is 197 Å². The van der Waals surface area contributed by atoms with Crippen LogP contribution in [0.3, 0.4) is 0 Å². The summed E-state index contributed by atoms with van der Waals surface area (Å²) in [7, 11) is 0. The maximum absolute atomic E-state index is 12.3. The van der Waals surface area contributed by atoms with Crippen LogP contribution >= 0.6 is 0 Å². The lowest BCUT2D eigenvalue weighted by Gasteiger charge is -2.19. The minimum absolute atomic E-state index is 0.0810. The molecule has 2 atom stereocenters. The number of amides is 1. The Hall–Kier alpha value is -1.65. The fraction of sp³-hybridized carbons (Fsp3) is 0.804. The predicted octanol–water partition coefficient (Wildman–Crippen LogP) is 13.6. The van der Waals surface area contributed by atoms with Crippen LogP contribution in [0.1, 0.15) is 219 Å². The first-order valence-corrected chi connectivity index (χ1v) is 21.9.